The van der Waals surface area contributed by atoms with Crippen molar-refractivity contribution in [1.29, 1.82) is 0 Å². The second-order valence-corrected chi connectivity index (χ2v) is 22.7. The molecule has 15 heavy (non-hydrogen) atoms. The quantitative estimate of drug-likeness (QED) is 0.181. The predicted octanol–water partition coefficient (Wildman–Crippen LogP) is 5.58. The fourth-order valence-electron chi connectivity index (χ4n) is 1.43. The molecular formula is C11H24I2OSi. The van der Waals surface area contributed by atoms with Crippen LogP contribution < -0.4 is 0 Å². The highest BCUT2D eigenvalue weighted by atomic mass is 127. The van der Waals surface area contributed by atoms with Crippen LogP contribution in [0.2, 0.25) is 6.04 Å². The van der Waals surface area contributed by atoms with E-state index < -0.39 is 3.31 Å². The van der Waals surface area contributed by atoms with E-state index in [0.29, 0.717) is 0 Å². The number of unbranched alkanes of at least 4 members (excludes halogenated alkanes) is 5. The van der Waals surface area contributed by atoms with E-state index in [0.717, 1.165) is 13.0 Å². The first-order chi connectivity index (χ1) is 7.12. The molecule has 0 saturated carbocycles. The molecule has 0 N–H and O–H groups in total. The lowest BCUT2D eigenvalue weighted by Crippen LogP contribution is -2.22. The van der Waals surface area contributed by atoms with Crippen molar-refractivity contribution in [3.63, 3.8) is 0 Å². The van der Waals surface area contributed by atoms with Crippen molar-refractivity contribution in [1.82, 2.24) is 0 Å². The zero-order chi connectivity index (χ0) is 11.6. The van der Waals surface area contributed by atoms with Gasteiger partial charge in [0.2, 0.25) is 0 Å². The Labute approximate surface area is 122 Å². The maximum absolute atomic E-state index is 5.92. The molecule has 92 valence electrons. The minimum absolute atomic E-state index is 0.952. The van der Waals surface area contributed by atoms with E-state index in [1.807, 2.05) is 0 Å². The molecule has 4 heteroatoms. The topological polar surface area (TPSA) is 9.23 Å². The Kier molecular flexibility index (Phi) is 11.9. The van der Waals surface area contributed by atoms with E-state index in [1.54, 1.807) is 0 Å². The van der Waals surface area contributed by atoms with Crippen molar-refractivity contribution in [3.8, 4) is 0 Å². The predicted molar refractivity (Wildman–Crippen MR) is 88.2 cm³/mol. The van der Waals surface area contributed by atoms with Crippen LogP contribution in [0, 0.1) is 0 Å². The molecule has 0 atom stereocenters. The summed E-state index contributed by atoms with van der Waals surface area (Å²) in [5, 5.41) is 0. The average Bonchev–Trinajstić information content (AvgIpc) is 2.20. The lowest BCUT2D eigenvalue weighted by molar-refractivity contribution is 0.329. The van der Waals surface area contributed by atoms with Crippen LogP contribution in [0.5, 0.6) is 0 Å². The molecule has 0 aromatic heterocycles. The Hall–Kier alpha value is 1.64. The minimum Gasteiger partial charge on any atom is -0.400 e. The van der Waals surface area contributed by atoms with Crippen molar-refractivity contribution in [3.05, 3.63) is 0 Å². The molecule has 0 aromatic carbocycles. The van der Waals surface area contributed by atoms with Gasteiger partial charge in [0, 0.05) is 6.61 Å². The molecule has 0 aliphatic carbocycles. The summed E-state index contributed by atoms with van der Waals surface area (Å²) in [5.41, 5.74) is 0. The van der Waals surface area contributed by atoms with Gasteiger partial charge >= 0.3 is 3.31 Å². The summed E-state index contributed by atoms with van der Waals surface area (Å²) in [6.45, 7) is 5.41. The largest absolute Gasteiger partial charge is 0.400 e. The van der Waals surface area contributed by atoms with Crippen LogP contribution in [0.3, 0.4) is 0 Å². The normalized spacial score (nSPS) is 12.0. The third kappa shape index (κ3) is 11.9. The van der Waals surface area contributed by atoms with Gasteiger partial charge in [0.15, 0.2) is 0 Å². The Bertz CT molecular complexity index is 143. The van der Waals surface area contributed by atoms with E-state index in [2.05, 4.69) is 57.4 Å². The van der Waals surface area contributed by atoms with Gasteiger partial charge < -0.3 is 4.43 Å². The monoisotopic (exact) mass is 454 g/mol. The Balaban J connectivity index is 3.32. The highest BCUT2D eigenvalue weighted by Crippen LogP contribution is 2.30. The third-order valence-electron chi connectivity index (χ3n) is 2.34. The number of hydrogen-bond donors (Lipinski definition) is 0. The van der Waals surface area contributed by atoms with Crippen LogP contribution in [0.15, 0.2) is 0 Å². The van der Waals surface area contributed by atoms with Crippen molar-refractivity contribution < 1.29 is 4.43 Å². The highest BCUT2D eigenvalue weighted by Gasteiger charge is 2.26. The molecule has 1 nitrogen and oxygen atoms in total. The van der Waals surface area contributed by atoms with Gasteiger partial charge in [-0.1, -0.05) is 96.0 Å². The maximum atomic E-state index is 5.92. The molecular weight excluding hydrogens is 430 g/mol. The van der Waals surface area contributed by atoms with E-state index >= 15 is 0 Å². The van der Waals surface area contributed by atoms with Crippen LogP contribution >= 0.6 is 43.6 Å². The van der Waals surface area contributed by atoms with Gasteiger partial charge in [-0.3, -0.25) is 0 Å². The summed E-state index contributed by atoms with van der Waals surface area (Å²) in [7, 11) is 0. The average molecular weight is 454 g/mol. The fraction of sp³-hybridized carbons (Fsp3) is 1.00. The fourth-order valence-corrected chi connectivity index (χ4v) is 6.35. The molecule has 0 amide bonds. The molecule has 0 unspecified atom stereocenters. The molecule has 0 spiro atoms. The number of halogens is 2. The Morgan fingerprint density at radius 2 is 1.47 bits per heavy atom. The van der Waals surface area contributed by atoms with Gasteiger partial charge in [-0.15, -0.1) is 0 Å². The van der Waals surface area contributed by atoms with Crippen LogP contribution in [0.1, 0.15) is 58.8 Å². The van der Waals surface area contributed by atoms with E-state index in [4.69, 9.17) is 4.43 Å². The van der Waals surface area contributed by atoms with Gasteiger partial charge in [-0.05, 0) is 12.5 Å². The first-order valence-corrected chi connectivity index (χ1v) is 14.5. The van der Waals surface area contributed by atoms with E-state index in [1.165, 1.54) is 44.6 Å². The van der Waals surface area contributed by atoms with Gasteiger partial charge in [-0.25, -0.2) is 0 Å². The summed E-state index contributed by atoms with van der Waals surface area (Å²) < 4.78 is 4.57. The highest BCUT2D eigenvalue weighted by molar-refractivity contribution is 14.3. The SMILES string of the molecule is CCCCCCCC[Si](I)(I)OCCC. The van der Waals surface area contributed by atoms with Crippen LogP contribution in [-0.4, -0.2) is 9.92 Å². The van der Waals surface area contributed by atoms with E-state index in [-0.39, 0.29) is 0 Å². The van der Waals surface area contributed by atoms with Crippen molar-refractivity contribution in [2.45, 2.75) is 64.8 Å². The van der Waals surface area contributed by atoms with Crippen LogP contribution in [0.4, 0.5) is 0 Å². The van der Waals surface area contributed by atoms with Crippen molar-refractivity contribution in [2.75, 3.05) is 6.61 Å². The standard InChI is InChI=1S/C11H24I2OSi/c1-3-5-6-7-8-9-11-15(12,13)14-10-4-2/h3-11H2,1-2H3. The second kappa shape index (κ2) is 10.8. The first-order valence-electron chi connectivity index (χ1n) is 6.14. The van der Waals surface area contributed by atoms with Crippen LogP contribution in [0.25, 0.3) is 0 Å². The summed E-state index contributed by atoms with van der Waals surface area (Å²) in [6, 6.07) is 1.32. The molecule has 0 fully saturated rings. The lowest BCUT2D eigenvalue weighted by atomic mass is 10.1. The van der Waals surface area contributed by atoms with Gasteiger partial charge in [0.05, 0.1) is 0 Å². The van der Waals surface area contributed by atoms with Gasteiger partial charge in [-0.2, -0.15) is 0 Å². The van der Waals surface area contributed by atoms with Crippen LogP contribution in [-0.2, 0) is 4.43 Å². The van der Waals surface area contributed by atoms with Crippen molar-refractivity contribution in [2.24, 2.45) is 0 Å². The second-order valence-electron chi connectivity index (χ2n) is 4.00. The van der Waals surface area contributed by atoms with Crippen molar-refractivity contribution >= 4 is 46.9 Å². The molecule has 0 saturated heterocycles. The zero-order valence-electron chi connectivity index (χ0n) is 10.0. The molecule has 0 aliphatic rings. The number of rotatable bonds is 10. The molecule has 0 rings (SSSR count). The summed E-state index contributed by atoms with van der Waals surface area (Å²) >= 11 is 5.14. The molecule has 0 radical (unpaired) electrons. The minimum atomic E-state index is -1.35. The van der Waals surface area contributed by atoms with Gasteiger partial charge in [0.1, 0.15) is 0 Å². The summed E-state index contributed by atoms with van der Waals surface area (Å²) in [4.78, 5) is 0. The summed E-state index contributed by atoms with van der Waals surface area (Å²) in [5.74, 6) is 0. The molecule has 0 bridgehead atoms. The third-order valence-corrected chi connectivity index (χ3v) is 9.01. The van der Waals surface area contributed by atoms with E-state index in [9.17, 15) is 0 Å². The first kappa shape index (κ1) is 16.6. The maximum Gasteiger partial charge on any atom is 0.325 e. The Morgan fingerprint density at radius 3 is 2.07 bits per heavy atom. The van der Waals surface area contributed by atoms with Gasteiger partial charge in [0.25, 0.3) is 0 Å². The number of hydrogen-bond acceptors (Lipinski definition) is 1. The molecule has 0 heterocycles. The zero-order valence-corrected chi connectivity index (χ0v) is 15.3. The molecule has 0 aliphatic heterocycles. The Morgan fingerprint density at radius 1 is 0.867 bits per heavy atom. The smallest absolute Gasteiger partial charge is 0.325 e. The molecule has 0 aromatic rings. The summed E-state index contributed by atoms with van der Waals surface area (Å²) in [6.07, 6.45) is 9.50. The lowest BCUT2D eigenvalue weighted by Gasteiger charge is -2.17.